The molecular weight excluding hydrogens is 347 g/mol. The molecule has 1 aromatic rings. The molecular formula is C20H27FN4O2. The standard InChI is InChI=1S/C20H27FN4O2/c21-14-5-3-4-13(12-14)19-20(27)22-10-11-25(19)18(26)9-8-17-15-6-1-2-7-16(15)23-24-17/h3-5,12,15-17,19,23-24H,1-2,6-11H2,(H,22,27). The summed E-state index contributed by atoms with van der Waals surface area (Å²) in [5, 5.41) is 2.79. The average Bonchev–Trinajstić information content (AvgIpc) is 3.09. The van der Waals surface area contributed by atoms with Crippen molar-refractivity contribution in [2.75, 3.05) is 13.1 Å². The van der Waals surface area contributed by atoms with Crippen molar-refractivity contribution in [3.05, 3.63) is 35.6 Å². The van der Waals surface area contributed by atoms with E-state index in [1.165, 1.54) is 37.8 Å². The maximum absolute atomic E-state index is 13.6. The Morgan fingerprint density at radius 2 is 2.07 bits per heavy atom. The first kappa shape index (κ1) is 18.4. The molecule has 6 nitrogen and oxygen atoms in total. The van der Waals surface area contributed by atoms with Crippen LogP contribution in [0.3, 0.4) is 0 Å². The van der Waals surface area contributed by atoms with E-state index in [2.05, 4.69) is 16.2 Å². The number of nitrogens with zero attached hydrogens (tertiary/aromatic N) is 1. The lowest BCUT2D eigenvalue weighted by Gasteiger charge is -2.36. The smallest absolute Gasteiger partial charge is 0.247 e. The molecule has 1 aromatic carbocycles. The highest BCUT2D eigenvalue weighted by Crippen LogP contribution is 2.32. The summed E-state index contributed by atoms with van der Waals surface area (Å²) >= 11 is 0. The zero-order chi connectivity index (χ0) is 18.8. The van der Waals surface area contributed by atoms with E-state index in [1.807, 2.05) is 0 Å². The van der Waals surface area contributed by atoms with Gasteiger partial charge in [0, 0.05) is 31.6 Å². The number of fused-ring (bicyclic) bond motifs is 1. The fraction of sp³-hybridized carbons (Fsp3) is 0.600. The van der Waals surface area contributed by atoms with E-state index in [-0.39, 0.29) is 11.8 Å². The van der Waals surface area contributed by atoms with Crippen LogP contribution in [0.1, 0.15) is 50.1 Å². The van der Waals surface area contributed by atoms with Gasteiger partial charge in [-0.2, -0.15) is 0 Å². The van der Waals surface area contributed by atoms with E-state index in [9.17, 15) is 14.0 Å². The van der Waals surface area contributed by atoms with Gasteiger partial charge in [-0.05, 0) is 42.9 Å². The van der Waals surface area contributed by atoms with Gasteiger partial charge in [-0.1, -0.05) is 25.0 Å². The molecule has 3 fully saturated rings. The Balaban J connectivity index is 1.42. The monoisotopic (exact) mass is 374 g/mol. The molecule has 1 saturated carbocycles. The van der Waals surface area contributed by atoms with Crippen molar-refractivity contribution < 1.29 is 14.0 Å². The molecule has 7 heteroatoms. The molecule has 2 amide bonds. The minimum absolute atomic E-state index is 0.0415. The number of hydrogen-bond donors (Lipinski definition) is 3. The van der Waals surface area contributed by atoms with E-state index in [4.69, 9.17) is 0 Å². The van der Waals surface area contributed by atoms with Gasteiger partial charge in [-0.15, -0.1) is 0 Å². The van der Waals surface area contributed by atoms with Crippen LogP contribution in [0.15, 0.2) is 24.3 Å². The molecule has 4 unspecified atom stereocenters. The minimum Gasteiger partial charge on any atom is -0.352 e. The molecule has 146 valence electrons. The van der Waals surface area contributed by atoms with E-state index < -0.39 is 11.9 Å². The summed E-state index contributed by atoms with van der Waals surface area (Å²) in [6.07, 6.45) is 6.04. The maximum atomic E-state index is 13.6. The van der Waals surface area contributed by atoms with Gasteiger partial charge in [0.1, 0.15) is 11.9 Å². The molecule has 2 aliphatic heterocycles. The van der Waals surface area contributed by atoms with Crippen LogP contribution in [0.25, 0.3) is 0 Å². The highest BCUT2D eigenvalue weighted by Gasteiger charge is 2.38. The first-order chi connectivity index (χ1) is 13.1. The predicted octanol–water partition coefficient (Wildman–Crippen LogP) is 1.64. The number of amides is 2. The molecule has 4 atom stereocenters. The van der Waals surface area contributed by atoms with Crippen LogP contribution < -0.4 is 16.2 Å². The van der Waals surface area contributed by atoms with Crippen molar-refractivity contribution >= 4 is 11.8 Å². The highest BCUT2D eigenvalue weighted by atomic mass is 19.1. The predicted molar refractivity (Wildman–Crippen MR) is 98.9 cm³/mol. The number of hydrazine groups is 1. The zero-order valence-electron chi connectivity index (χ0n) is 15.4. The van der Waals surface area contributed by atoms with Crippen LogP contribution in [0.4, 0.5) is 4.39 Å². The van der Waals surface area contributed by atoms with E-state index in [1.54, 1.807) is 17.0 Å². The summed E-state index contributed by atoms with van der Waals surface area (Å²) < 4.78 is 13.6. The lowest BCUT2D eigenvalue weighted by atomic mass is 9.80. The van der Waals surface area contributed by atoms with Crippen molar-refractivity contribution in [2.24, 2.45) is 5.92 Å². The van der Waals surface area contributed by atoms with Crippen LogP contribution in [0.5, 0.6) is 0 Å². The molecule has 0 aromatic heterocycles. The van der Waals surface area contributed by atoms with Crippen LogP contribution in [-0.4, -0.2) is 41.9 Å². The Labute approximate surface area is 158 Å². The third-order valence-corrected chi connectivity index (χ3v) is 6.16. The van der Waals surface area contributed by atoms with Crippen LogP contribution in [0.2, 0.25) is 0 Å². The number of piperazine rings is 1. The molecule has 1 aliphatic carbocycles. The Morgan fingerprint density at radius 1 is 1.22 bits per heavy atom. The van der Waals surface area contributed by atoms with Gasteiger partial charge in [0.05, 0.1) is 0 Å². The number of carbonyl (C=O) groups is 2. The lowest BCUT2D eigenvalue weighted by molar-refractivity contribution is -0.143. The second kappa shape index (κ2) is 7.94. The molecule has 2 heterocycles. The molecule has 0 spiro atoms. The van der Waals surface area contributed by atoms with Gasteiger partial charge in [-0.3, -0.25) is 20.4 Å². The average molecular weight is 374 g/mol. The summed E-state index contributed by atoms with van der Waals surface area (Å²) in [5.41, 5.74) is 7.27. The minimum atomic E-state index is -0.751. The Morgan fingerprint density at radius 3 is 2.93 bits per heavy atom. The molecule has 27 heavy (non-hydrogen) atoms. The summed E-state index contributed by atoms with van der Waals surface area (Å²) in [4.78, 5) is 27.0. The summed E-state index contributed by atoms with van der Waals surface area (Å²) in [6, 6.07) is 6.02. The summed E-state index contributed by atoms with van der Waals surface area (Å²) in [7, 11) is 0. The number of halogens is 1. The molecule has 2 saturated heterocycles. The van der Waals surface area contributed by atoms with Gasteiger partial charge in [0.15, 0.2) is 0 Å². The van der Waals surface area contributed by atoms with Crippen molar-refractivity contribution in [2.45, 2.75) is 56.7 Å². The van der Waals surface area contributed by atoms with Crippen molar-refractivity contribution in [1.82, 2.24) is 21.1 Å². The summed E-state index contributed by atoms with van der Waals surface area (Å²) in [6.45, 7) is 0.887. The zero-order valence-corrected chi connectivity index (χ0v) is 15.4. The highest BCUT2D eigenvalue weighted by molar-refractivity contribution is 5.89. The maximum Gasteiger partial charge on any atom is 0.247 e. The third kappa shape index (κ3) is 3.84. The quantitative estimate of drug-likeness (QED) is 0.749. The van der Waals surface area contributed by atoms with Crippen molar-refractivity contribution in [3.8, 4) is 0 Å². The number of hydrogen-bond acceptors (Lipinski definition) is 4. The third-order valence-electron chi connectivity index (χ3n) is 6.16. The second-order valence-corrected chi connectivity index (χ2v) is 7.82. The topological polar surface area (TPSA) is 73.5 Å². The molecule has 4 rings (SSSR count). The summed E-state index contributed by atoms with van der Waals surface area (Å²) in [5.74, 6) is -0.105. The van der Waals surface area contributed by atoms with Crippen LogP contribution >= 0.6 is 0 Å². The van der Waals surface area contributed by atoms with Gasteiger partial charge >= 0.3 is 0 Å². The van der Waals surface area contributed by atoms with Gasteiger partial charge in [-0.25, -0.2) is 4.39 Å². The Hall–Kier alpha value is -1.99. The number of nitrogens with one attached hydrogen (secondary N) is 3. The van der Waals surface area contributed by atoms with E-state index in [0.717, 1.165) is 6.42 Å². The number of benzene rings is 1. The van der Waals surface area contributed by atoms with E-state index >= 15 is 0 Å². The van der Waals surface area contributed by atoms with E-state index in [0.29, 0.717) is 43.1 Å². The molecule has 0 radical (unpaired) electrons. The fourth-order valence-electron chi connectivity index (χ4n) is 4.79. The van der Waals surface area contributed by atoms with Crippen LogP contribution in [-0.2, 0) is 9.59 Å². The molecule has 3 aliphatic rings. The SMILES string of the molecule is O=C1NCCN(C(=O)CCC2NNC3CCCCC32)C1c1cccc(F)c1. The van der Waals surface area contributed by atoms with Crippen molar-refractivity contribution in [3.63, 3.8) is 0 Å². The number of rotatable bonds is 4. The molecule has 0 bridgehead atoms. The second-order valence-electron chi connectivity index (χ2n) is 7.82. The van der Waals surface area contributed by atoms with Gasteiger partial charge < -0.3 is 10.2 Å². The molecule has 3 N–H and O–H groups in total. The number of carbonyl (C=O) groups excluding carboxylic acids is 2. The van der Waals surface area contributed by atoms with Gasteiger partial charge in [0.2, 0.25) is 11.8 Å². The van der Waals surface area contributed by atoms with Crippen LogP contribution in [0, 0.1) is 11.7 Å². The van der Waals surface area contributed by atoms with Crippen molar-refractivity contribution in [1.29, 1.82) is 0 Å². The van der Waals surface area contributed by atoms with Gasteiger partial charge in [0.25, 0.3) is 0 Å². The Kier molecular flexibility index (Phi) is 5.41. The first-order valence-corrected chi connectivity index (χ1v) is 9.97. The Bertz CT molecular complexity index is 713. The first-order valence-electron chi connectivity index (χ1n) is 9.97. The largest absolute Gasteiger partial charge is 0.352 e. The lowest BCUT2D eigenvalue weighted by Crippen LogP contribution is -2.52. The fourth-order valence-corrected chi connectivity index (χ4v) is 4.79. The normalized spacial score (nSPS) is 30.7.